The van der Waals surface area contributed by atoms with Crippen LogP contribution in [-0.4, -0.2) is 22.0 Å². The summed E-state index contributed by atoms with van der Waals surface area (Å²) in [6.45, 7) is 1.35. The van der Waals surface area contributed by atoms with Crippen molar-refractivity contribution in [2.75, 3.05) is 0 Å². The van der Waals surface area contributed by atoms with Crippen LogP contribution in [-0.2, 0) is 4.79 Å². The van der Waals surface area contributed by atoms with E-state index in [1.165, 1.54) is 19.1 Å². The van der Waals surface area contributed by atoms with Gasteiger partial charge < -0.3 is 10.1 Å². The molecule has 0 amide bonds. The predicted octanol–water partition coefficient (Wildman–Crippen LogP) is 5.47. The maximum atomic E-state index is 14.4. The van der Waals surface area contributed by atoms with E-state index >= 15 is 0 Å². The molecule has 1 aromatic heterocycles. The lowest BCUT2D eigenvalue weighted by Crippen LogP contribution is -2.35. The summed E-state index contributed by atoms with van der Waals surface area (Å²) in [5, 5.41) is 8.78. The largest absolute Gasteiger partial charge is 0.477 e. The molecule has 0 radical (unpaired) electrons. The Morgan fingerprint density at radius 2 is 1.74 bits per heavy atom. The molecule has 0 spiro atoms. The summed E-state index contributed by atoms with van der Waals surface area (Å²) in [7, 11) is 0. The number of fused-ring (bicyclic) bond motifs is 1. The molecule has 0 saturated heterocycles. The van der Waals surface area contributed by atoms with Crippen molar-refractivity contribution in [2.24, 2.45) is 0 Å². The third kappa shape index (κ3) is 3.15. The number of hydrogen-bond acceptors (Lipinski definition) is 1. The Hall–Kier alpha value is -2.90. The van der Waals surface area contributed by atoms with Crippen molar-refractivity contribution in [3.63, 3.8) is 0 Å². The van der Waals surface area contributed by atoms with Crippen LogP contribution in [0.1, 0.15) is 24.8 Å². The number of nitrogens with one attached hydrogen (secondary N) is 1. The number of H-pyrrole nitrogens is 1. The minimum Gasteiger partial charge on any atom is -0.477 e. The zero-order chi connectivity index (χ0) is 19.9. The molecule has 0 aliphatic rings. The van der Waals surface area contributed by atoms with E-state index in [1.54, 1.807) is 0 Å². The van der Waals surface area contributed by atoms with Crippen LogP contribution in [0.5, 0.6) is 0 Å². The van der Waals surface area contributed by atoms with Crippen molar-refractivity contribution in [3.05, 3.63) is 59.4 Å². The molecule has 0 saturated carbocycles. The number of benzene rings is 2. The fraction of sp³-hybridized carbons (Fsp3) is 0.211. The second-order valence-corrected chi connectivity index (χ2v) is 6.12. The summed E-state index contributed by atoms with van der Waals surface area (Å²) in [6, 6.07) is 6.19. The fourth-order valence-corrected chi connectivity index (χ4v) is 3.24. The molecule has 0 aliphatic heterocycles. The molecule has 0 aliphatic carbocycles. The van der Waals surface area contributed by atoms with Gasteiger partial charge in [-0.05, 0) is 47.9 Å². The van der Waals surface area contributed by atoms with Gasteiger partial charge in [-0.2, -0.15) is 8.78 Å². The second kappa shape index (κ2) is 6.68. The SMILES string of the molecule is CCC(c1c(-c2ccc(F)cc2)[nH]c2c(F)cc(F)cc12)C(F)(F)C(=O)O. The van der Waals surface area contributed by atoms with Crippen LogP contribution in [0.4, 0.5) is 22.0 Å². The molecule has 3 nitrogen and oxygen atoms in total. The standard InChI is InChI=1S/C19H14F5NO2/c1-2-13(19(23,24)18(26)27)15-12-7-11(21)8-14(22)17(12)25-16(15)9-3-5-10(20)6-4-9/h3-8,13,25H,2H2,1H3,(H,26,27). The van der Waals surface area contributed by atoms with E-state index in [1.807, 2.05) is 0 Å². The molecule has 0 fully saturated rings. The van der Waals surface area contributed by atoms with E-state index in [0.717, 1.165) is 18.2 Å². The Balaban J connectivity index is 2.38. The van der Waals surface area contributed by atoms with Crippen molar-refractivity contribution in [2.45, 2.75) is 25.2 Å². The first kappa shape index (κ1) is 18.9. The Kier molecular flexibility index (Phi) is 4.67. The Labute approximate surface area is 150 Å². The van der Waals surface area contributed by atoms with E-state index < -0.39 is 35.3 Å². The summed E-state index contributed by atoms with van der Waals surface area (Å²) in [4.78, 5) is 13.8. The number of carboxylic acid groups (broad SMARTS) is 1. The van der Waals surface area contributed by atoms with Crippen LogP contribution < -0.4 is 0 Å². The van der Waals surface area contributed by atoms with Gasteiger partial charge in [0.15, 0.2) is 0 Å². The van der Waals surface area contributed by atoms with Crippen LogP contribution in [0.3, 0.4) is 0 Å². The first-order valence-electron chi connectivity index (χ1n) is 8.04. The Morgan fingerprint density at radius 3 is 2.30 bits per heavy atom. The smallest absolute Gasteiger partial charge is 0.375 e. The van der Waals surface area contributed by atoms with Gasteiger partial charge in [-0.3, -0.25) is 0 Å². The van der Waals surface area contributed by atoms with Gasteiger partial charge >= 0.3 is 11.9 Å². The number of carboxylic acids is 1. The highest BCUT2D eigenvalue weighted by Gasteiger charge is 2.49. The molecule has 2 aromatic carbocycles. The van der Waals surface area contributed by atoms with Crippen molar-refractivity contribution in [1.82, 2.24) is 4.98 Å². The van der Waals surface area contributed by atoms with Gasteiger partial charge in [0.25, 0.3) is 0 Å². The summed E-state index contributed by atoms with van der Waals surface area (Å²) < 4.78 is 70.0. The molecule has 1 heterocycles. The van der Waals surface area contributed by atoms with Crippen LogP contribution in [0.25, 0.3) is 22.2 Å². The third-order valence-electron chi connectivity index (χ3n) is 4.48. The number of rotatable bonds is 5. The number of halogens is 5. The average molecular weight is 383 g/mol. The van der Waals surface area contributed by atoms with Crippen molar-refractivity contribution in [3.8, 4) is 11.3 Å². The van der Waals surface area contributed by atoms with Crippen molar-refractivity contribution < 1.29 is 31.9 Å². The van der Waals surface area contributed by atoms with Gasteiger partial charge in [0, 0.05) is 11.5 Å². The highest BCUT2D eigenvalue weighted by atomic mass is 19.3. The molecule has 8 heteroatoms. The van der Waals surface area contributed by atoms with E-state index in [4.69, 9.17) is 5.11 Å². The molecule has 0 bridgehead atoms. The van der Waals surface area contributed by atoms with Gasteiger partial charge in [-0.25, -0.2) is 18.0 Å². The van der Waals surface area contributed by atoms with Gasteiger partial charge in [-0.15, -0.1) is 0 Å². The zero-order valence-electron chi connectivity index (χ0n) is 14.0. The van der Waals surface area contributed by atoms with Crippen LogP contribution in [0.2, 0.25) is 0 Å². The first-order valence-corrected chi connectivity index (χ1v) is 8.04. The fourth-order valence-electron chi connectivity index (χ4n) is 3.24. The minimum atomic E-state index is -4.18. The Bertz CT molecular complexity index is 1010. The van der Waals surface area contributed by atoms with Gasteiger partial charge in [0.05, 0.1) is 17.1 Å². The predicted molar refractivity (Wildman–Crippen MR) is 89.2 cm³/mol. The topological polar surface area (TPSA) is 53.1 Å². The maximum absolute atomic E-state index is 14.4. The quantitative estimate of drug-likeness (QED) is 0.575. The molecule has 1 atom stereocenters. The van der Waals surface area contributed by atoms with Crippen molar-refractivity contribution in [1.29, 1.82) is 0 Å². The molecular weight excluding hydrogens is 369 g/mol. The lowest BCUT2D eigenvalue weighted by Gasteiger charge is -2.23. The monoisotopic (exact) mass is 383 g/mol. The van der Waals surface area contributed by atoms with E-state index in [-0.39, 0.29) is 34.1 Å². The average Bonchev–Trinajstić information content (AvgIpc) is 2.95. The highest BCUT2D eigenvalue weighted by molar-refractivity contribution is 5.93. The molecular formula is C19H14F5NO2. The third-order valence-corrected chi connectivity index (χ3v) is 4.48. The molecule has 3 aromatic rings. The van der Waals surface area contributed by atoms with Gasteiger partial charge in [0.2, 0.25) is 0 Å². The Morgan fingerprint density at radius 1 is 1.11 bits per heavy atom. The second-order valence-electron chi connectivity index (χ2n) is 6.12. The number of aliphatic carboxylic acids is 1. The number of alkyl halides is 2. The van der Waals surface area contributed by atoms with Gasteiger partial charge in [-0.1, -0.05) is 6.92 Å². The normalized spacial score (nSPS) is 13.1. The summed E-state index contributed by atoms with van der Waals surface area (Å²) in [5.74, 6) is -10.9. The highest BCUT2D eigenvalue weighted by Crippen LogP contribution is 2.45. The zero-order valence-corrected chi connectivity index (χ0v) is 14.0. The maximum Gasteiger partial charge on any atom is 0.375 e. The summed E-state index contributed by atoms with van der Waals surface area (Å²) >= 11 is 0. The van der Waals surface area contributed by atoms with Crippen LogP contribution in [0.15, 0.2) is 36.4 Å². The van der Waals surface area contributed by atoms with E-state index in [9.17, 15) is 26.7 Å². The number of carbonyl (C=O) groups is 1. The molecule has 1 unspecified atom stereocenters. The molecule has 142 valence electrons. The first-order chi connectivity index (χ1) is 12.7. The van der Waals surface area contributed by atoms with Gasteiger partial charge in [0.1, 0.15) is 17.5 Å². The van der Waals surface area contributed by atoms with E-state index in [0.29, 0.717) is 6.07 Å². The molecule has 27 heavy (non-hydrogen) atoms. The lowest BCUT2D eigenvalue weighted by molar-refractivity contribution is -0.168. The lowest BCUT2D eigenvalue weighted by atomic mass is 9.86. The number of aromatic nitrogens is 1. The summed E-state index contributed by atoms with van der Waals surface area (Å²) in [5.41, 5.74) is -0.236. The van der Waals surface area contributed by atoms with Crippen LogP contribution >= 0.6 is 0 Å². The number of aromatic amines is 1. The van der Waals surface area contributed by atoms with E-state index in [2.05, 4.69) is 4.98 Å². The minimum absolute atomic E-state index is 0.0118. The van der Waals surface area contributed by atoms with Crippen LogP contribution in [0, 0.1) is 17.5 Å². The molecule has 3 rings (SSSR count). The van der Waals surface area contributed by atoms with Crippen molar-refractivity contribution >= 4 is 16.9 Å². The number of hydrogen-bond donors (Lipinski definition) is 2. The summed E-state index contributed by atoms with van der Waals surface area (Å²) in [6.07, 6.45) is -0.307. The molecule has 2 N–H and O–H groups in total.